The number of anilines is 1. The summed E-state index contributed by atoms with van der Waals surface area (Å²) in [6.07, 6.45) is 0. The second kappa shape index (κ2) is 7.71. The predicted octanol–water partition coefficient (Wildman–Crippen LogP) is 4.61. The van der Waals surface area contributed by atoms with E-state index in [1.165, 1.54) is 17.3 Å². The average molecular weight is 353 g/mol. The first-order valence-corrected chi connectivity index (χ1v) is 9.04. The Morgan fingerprint density at radius 2 is 1.72 bits per heavy atom. The van der Waals surface area contributed by atoms with Crippen molar-refractivity contribution in [3.05, 3.63) is 51.7 Å². The number of rotatable bonds is 4. The van der Waals surface area contributed by atoms with Gasteiger partial charge in [-0.15, -0.1) is 0 Å². The van der Waals surface area contributed by atoms with Crippen LogP contribution in [-0.2, 0) is 4.79 Å². The molecule has 0 saturated heterocycles. The molecule has 25 heavy (non-hydrogen) atoms. The van der Waals surface area contributed by atoms with E-state index in [0.717, 1.165) is 28.1 Å². The standard InChI is InChI=1S/C20H23N3OS/c1-11-7-13(3)18(14(4)8-11)23-19(24)16(6)25-20-17(10-21)12(2)9-15(5)22-20/h7-9,16H,1-6H3,(H,23,24)/t16-/m1/s1. The molecule has 1 N–H and O–H groups in total. The molecular formula is C20H23N3OS. The molecule has 1 atom stereocenters. The van der Waals surface area contributed by atoms with Crippen molar-refractivity contribution in [2.24, 2.45) is 0 Å². The van der Waals surface area contributed by atoms with Gasteiger partial charge in [-0.1, -0.05) is 29.5 Å². The summed E-state index contributed by atoms with van der Waals surface area (Å²) in [5.74, 6) is -0.0927. The molecule has 4 nitrogen and oxygen atoms in total. The average Bonchev–Trinajstić information content (AvgIpc) is 2.50. The zero-order chi connectivity index (χ0) is 18.7. The summed E-state index contributed by atoms with van der Waals surface area (Å²) >= 11 is 1.32. The Kier molecular flexibility index (Phi) is 5.86. The van der Waals surface area contributed by atoms with Crippen molar-refractivity contribution in [3.63, 3.8) is 0 Å². The van der Waals surface area contributed by atoms with Crippen LogP contribution in [0.3, 0.4) is 0 Å². The van der Waals surface area contributed by atoms with Gasteiger partial charge < -0.3 is 5.32 Å². The van der Waals surface area contributed by atoms with Crippen molar-refractivity contribution in [1.82, 2.24) is 4.98 Å². The van der Waals surface area contributed by atoms with Gasteiger partial charge in [0.25, 0.3) is 0 Å². The number of pyridine rings is 1. The summed E-state index contributed by atoms with van der Waals surface area (Å²) < 4.78 is 0. The maximum absolute atomic E-state index is 12.6. The molecule has 0 unspecified atom stereocenters. The van der Waals surface area contributed by atoms with Gasteiger partial charge in [0, 0.05) is 11.4 Å². The van der Waals surface area contributed by atoms with Crippen LogP contribution in [0, 0.1) is 45.9 Å². The lowest BCUT2D eigenvalue weighted by atomic mass is 10.1. The fourth-order valence-electron chi connectivity index (χ4n) is 2.85. The number of thioether (sulfide) groups is 1. The van der Waals surface area contributed by atoms with Crippen LogP contribution in [-0.4, -0.2) is 16.1 Å². The Hall–Kier alpha value is -2.32. The lowest BCUT2D eigenvalue weighted by molar-refractivity contribution is -0.115. The van der Waals surface area contributed by atoms with Gasteiger partial charge in [-0.25, -0.2) is 4.98 Å². The van der Waals surface area contributed by atoms with Crippen LogP contribution in [0.2, 0.25) is 0 Å². The van der Waals surface area contributed by atoms with Gasteiger partial charge >= 0.3 is 0 Å². The second-order valence-corrected chi connectivity index (χ2v) is 7.73. The van der Waals surface area contributed by atoms with Crippen LogP contribution in [0.1, 0.15) is 40.4 Å². The quantitative estimate of drug-likeness (QED) is 0.815. The third kappa shape index (κ3) is 4.40. The lowest BCUT2D eigenvalue weighted by Crippen LogP contribution is -2.23. The molecule has 2 aromatic rings. The number of carbonyl (C=O) groups excluding carboxylic acids is 1. The molecule has 0 aliphatic carbocycles. The van der Waals surface area contributed by atoms with Crippen molar-refractivity contribution in [2.75, 3.05) is 5.32 Å². The first-order valence-electron chi connectivity index (χ1n) is 8.16. The SMILES string of the molecule is Cc1cc(C)c(NC(=O)[C@@H](C)Sc2nc(C)cc(C)c2C#N)c(C)c1. The van der Waals surface area contributed by atoms with Gasteiger partial charge in [0.1, 0.15) is 11.1 Å². The molecule has 1 aromatic heterocycles. The molecule has 130 valence electrons. The Balaban J connectivity index is 2.21. The van der Waals surface area contributed by atoms with E-state index in [1.807, 2.05) is 47.6 Å². The van der Waals surface area contributed by atoms with E-state index in [2.05, 4.69) is 28.5 Å². The van der Waals surface area contributed by atoms with Gasteiger partial charge in [-0.05, 0) is 64.3 Å². The molecule has 0 aliphatic rings. The van der Waals surface area contributed by atoms with Gasteiger partial charge in [-0.3, -0.25) is 4.79 Å². The van der Waals surface area contributed by atoms with Crippen LogP contribution >= 0.6 is 11.8 Å². The molecule has 0 fully saturated rings. The van der Waals surface area contributed by atoms with Crippen LogP contribution in [0.4, 0.5) is 5.69 Å². The van der Waals surface area contributed by atoms with Gasteiger partial charge in [0.05, 0.1) is 10.8 Å². The predicted molar refractivity (Wildman–Crippen MR) is 103 cm³/mol. The number of nitrogens with one attached hydrogen (secondary N) is 1. The molecule has 0 spiro atoms. The fraction of sp³-hybridized carbons (Fsp3) is 0.350. The van der Waals surface area contributed by atoms with E-state index >= 15 is 0 Å². The van der Waals surface area contributed by atoms with Crippen molar-refractivity contribution in [1.29, 1.82) is 5.26 Å². The highest BCUT2D eigenvalue weighted by atomic mass is 32.2. The largest absolute Gasteiger partial charge is 0.325 e. The monoisotopic (exact) mass is 353 g/mol. The maximum Gasteiger partial charge on any atom is 0.237 e. The first-order chi connectivity index (χ1) is 11.7. The minimum absolute atomic E-state index is 0.0927. The number of hydrogen-bond donors (Lipinski definition) is 1. The van der Waals surface area contributed by atoms with E-state index in [0.29, 0.717) is 10.6 Å². The van der Waals surface area contributed by atoms with Crippen LogP contribution in [0.5, 0.6) is 0 Å². The number of aryl methyl sites for hydroxylation is 5. The van der Waals surface area contributed by atoms with Crippen molar-refractivity contribution in [2.45, 2.75) is 51.8 Å². The first kappa shape index (κ1) is 19.0. The van der Waals surface area contributed by atoms with Crippen LogP contribution in [0.15, 0.2) is 23.2 Å². The van der Waals surface area contributed by atoms with Gasteiger partial charge in [-0.2, -0.15) is 5.26 Å². The van der Waals surface area contributed by atoms with Gasteiger partial charge in [0.2, 0.25) is 5.91 Å². The van der Waals surface area contributed by atoms with E-state index < -0.39 is 0 Å². The maximum atomic E-state index is 12.6. The molecule has 0 bridgehead atoms. The molecule has 5 heteroatoms. The van der Waals surface area contributed by atoms with Crippen LogP contribution < -0.4 is 5.32 Å². The van der Waals surface area contributed by atoms with E-state index in [4.69, 9.17) is 0 Å². The summed E-state index contributed by atoms with van der Waals surface area (Å²) in [5.41, 5.74) is 6.39. The number of amides is 1. The fourth-order valence-corrected chi connectivity index (χ4v) is 3.87. The molecule has 0 saturated carbocycles. The smallest absolute Gasteiger partial charge is 0.237 e. The Morgan fingerprint density at radius 3 is 2.28 bits per heavy atom. The highest BCUT2D eigenvalue weighted by molar-refractivity contribution is 8.00. The molecule has 1 amide bonds. The zero-order valence-electron chi connectivity index (χ0n) is 15.5. The number of carbonyl (C=O) groups is 1. The van der Waals surface area contributed by atoms with E-state index in [1.54, 1.807) is 0 Å². The zero-order valence-corrected chi connectivity index (χ0v) is 16.3. The highest BCUT2D eigenvalue weighted by Gasteiger charge is 2.20. The molecule has 1 heterocycles. The minimum Gasteiger partial charge on any atom is -0.325 e. The van der Waals surface area contributed by atoms with E-state index in [9.17, 15) is 10.1 Å². The number of benzene rings is 1. The number of aromatic nitrogens is 1. The number of hydrogen-bond acceptors (Lipinski definition) is 4. The Bertz CT molecular complexity index is 845. The van der Waals surface area contributed by atoms with Crippen molar-refractivity contribution in [3.8, 4) is 6.07 Å². The van der Waals surface area contributed by atoms with Crippen molar-refractivity contribution < 1.29 is 4.79 Å². The van der Waals surface area contributed by atoms with Gasteiger partial charge in [0.15, 0.2) is 0 Å². The Labute approximate surface area is 153 Å². The normalized spacial score (nSPS) is 11.7. The molecule has 0 radical (unpaired) electrons. The molecule has 2 rings (SSSR count). The number of nitriles is 1. The summed E-state index contributed by atoms with van der Waals surface area (Å²) in [4.78, 5) is 17.1. The summed E-state index contributed by atoms with van der Waals surface area (Å²) in [7, 11) is 0. The summed E-state index contributed by atoms with van der Waals surface area (Å²) in [5, 5.41) is 12.6. The van der Waals surface area contributed by atoms with Crippen molar-refractivity contribution >= 4 is 23.4 Å². The summed E-state index contributed by atoms with van der Waals surface area (Å²) in [6.45, 7) is 11.6. The molecule has 1 aromatic carbocycles. The second-order valence-electron chi connectivity index (χ2n) is 6.40. The topological polar surface area (TPSA) is 65.8 Å². The molecular weight excluding hydrogens is 330 g/mol. The van der Waals surface area contributed by atoms with Crippen LogP contribution in [0.25, 0.3) is 0 Å². The third-order valence-corrected chi connectivity index (χ3v) is 5.09. The number of nitrogens with zero attached hydrogens (tertiary/aromatic N) is 2. The molecule has 0 aliphatic heterocycles. The minimum atomic E-state index is -0.360. The summed E-state index contributed by atoms with van der Waals surface area (Å²) in [6, 6.07) is 8.19. The lowest BCUT2D eigenvalue weighted by Gasteiger charge is -2.16. The third-order valence-electron chi connectivity index (χ3n) is 4.01. The van der Waals surface area contributed by atoms with E-state index in [-0.39, 0.29) is 11.2 Å². The Morgan fingerprint density at radius 1 is 1.12 bits per heavy atom. The highest BCUT2D eigenvalue weighted by Crippen LogP contribution is 2.29.